The molecule has 1 heterocycles. The maximum atomic E-state index is 11.9. The molecule has 0 unspecified atom stereocenters. The van der Waals surface area contributed by atoms with Gasteiger partial charge in [-0.05, 0) is 48.4 Å². The van der Waals surface area contributed by atoms with Crippen molar-refractivity contribution in [2.45, 2.75) is 13.0 Å². The third-order valence-electron chi connectivity index (χ3n) is 2.85. The number of rotatable bonds is 5. The lowest BCUT2D eigenvalue weighted by molar-refractivity contribution is 0.0951. The van der Waals surface area contributed by atoms with Crippen molar-refractivity contribution in [3.63, 3.8) is 0 Å². The molecule has 2 rings (SSSR count). The van der Waals surface area contributed by atoms with Gasteiger partial charge in [-0.15, -0.1) is 0 Å². The Hall–Kier alpha value is -2.20. The van der Waals surface area contributed by atoms with Gasteiger partial charge in [-0.25, -0.2) is 0 Å². The second-order valence-electron chi connectivity index (χ2n) is 4.27. The van der Waals surface area contributed by atoms with Crippen molar-refractivity contribution in [2.24, 2.45) is 5.73 Å². The van der Waals surface area contributed by atoms with Gasteiger partial charge in [0.2, 0.25) is 0 Å². The van der Waals surface area contributed by atoms with Gasteiger partial charge in [0.1, 0.15) is 0 Å². The molecule has 1 aromatic heterocycles. The number of carbonyl (C=O) groups excluding carboxylic acids is 1. The zero-order valence-electron chi connectivity index (χ0n) is 10.7. The first kappa shape index (κ1) is 13.2. The average molecular weight is 255 g/mol. The molecule has 0 bridgehead atoms. The maximum Gasteiger partial charge on any atom is 0.251 e. The van der Waals surface area contributed by atoms with E-state index >= 15 is 0 Å². The number of nitrogens with one attached hydrogen (secondary N) is 1. The summed E-state index contributed by atoms with van der Waals surface area (Å²) in [4.78, 5) is 15.9. The third kappa shape index (κ3) is 3.89. The van der Waals surface area contributed by atoms with E-state index in [9.17, 15) is 4.79 Å². The lowest BCUT2D eigenvalue weighted by Gasteiger charge is -2.06. The fourth-order valence-corrected chi connectivity index (χ4v) is 1.77. The number of nitrogens with two attached hydrogens (primary N) is 1. The van der Waals surface area contributed by atoms with Gasteiger partial charge in [0.05, 0.1) is 0 Å². The Kier molecular flexibility index (Phi) is 4.64. The van der Waals surface area contributed by atoms with Crippen molar-refractivity contribution < 1.29 is 4.79 Å². The van der Waals surface area contributed by atoms with E-state index in [1.54, 1.807) is 12.4 Å². The number of hydrogen-bond acceptors (Lipinski definition) is 3. The van der Waals surface area contributed by atoms with E-state index < -0.39 is 0 Å². The van der Waals surface area contributed by atoms with Gasteiger partial charge in [0.25, 0.3) is 5.91 Å². The molecular formula is C15H17N3O. The Labute approximate surface area is 112 Å². The van der Waals surface area contributed by atoms with Crippen LogP contribution in [-0.2, 0) is 13.0 Å². The summed E-state index contributed by atoms with van der Waals surface area (Å²) < 4.78 is 0. The van der Waals surface area contributed by atoms with Crippen LogP contribution in [0, 0.1) is 0 Å². The Balaban J connectivity index is 1.92. The number of carbonyl (C=O) groups is 1. The highest BCUT2D eigenvalue weighted by atomic mass is 16.1. The van der Waals surface area contributed by atoms with Gasteiger partial charge in [-0.2, -0.15) is 0 Å². The number of benzene rings is 1. The minimum Gasteiger partial charge on any atom is -0.348 e. The zero-order chi connectivity index (χ0) is 13.5. The van der Waals surface area contributed by atoms with Crippen LogP contribution in [0.3, 0.4) is 0 Å². The smallest absolute Gasteiger partial charge is 0.251 e. The van der Waals surface area contributed by atoms with Crippen LogP contribution in [0.5, 0.6) is 0 Å². The summed E-state index contributed by atoms with van der Waals surface area (Å²) in [6, 6.07) is 11.3. The lowest BCUT2D eigenvalue weighted by atomic mass is 10.1. The predicted octanol–water partition coefficient (Wildman–Crippen LogP) is 1.51. The van der Waals surface area contributed by atoms with Crippen LogP contribution in [-0.4, -0.2) is 17.4 Å². The van der Waals surface area contributed by atoms with E-state index in [1.807, 2.05) is 36.4 Å². The summed E-state index contributed by atoms with van der Waals surface area (Å²) >= 11 is 0. The molecule has 19 heavy (non-hydrogen) atoms. The Morgan fingerprint density at radius 2 is 1.74 bits per heavy atom. The van der Waals surface area contributed by atoms with Gasteiger partial charge >= 0.3 is 0 Å². The summed E-state index contributed by atoms with van der Waals surface area (Å²) in [5, 5.41) is 2.88. The van der Waals surface area contributed by atoms with Crippen molar-refractivity contribution in [2.75, 3.05) is 6.54 Å². The van der Waals surface area contributed by atoms with E-state index in [2.05, 4.69) is 10.3 Å². The predicted molar refractivity (Wildman–Crippen MR) is 74.6 cm³/mol. The van der Waals surface area contributed by atoms with Crippen molar-refractivity contribution in [1.82, 2.24) is 10.3 Å². The minimum absolute atomic E-state index is 0.0730. The number of amides is 1. The van der Waals surface area contributed by atoms with Gasteiger partial charge in [0.15, 0.2) is 0 Å². The van der Waals surface area contributed by atoms with Gasteiger partial charge < -0.3 is 11.1 Å². The van der Waals surface area contributed by atoms with Crippen molar-refractivity contribution in [3.8, 4) is 0 Å². The van der Waals surface area contributed by atoms with Crippen LogP contribution >= 0.6 is 0 Å². The molecule has 0 radical (unpaired) electrons. The van der Waals surface area contributed by atoms with E-state index in [4.69, 9.17) is 5.73 Å². The largest absolute Gasteiger partial charge is 0.348 e. The molecular weight excluding hydrogens is 238 g/mol. The highest BCUT2D eigenvalue weighted by molar-refractivity contribution is 5.94. The summed E-state index contributed by atoms with van der Waals surface area (Å²) in [6.45, 7) is 1.12. The maximum absolute atomic E-state index is 11.9. The Morgan fingerprint density at radius 1 is 1.05 bits per heavy atom. The highest BCUT2D eigenvalue weighted by Gasteiger charge is 2.04. The fraction of sp³-hybridized carbons (Fsp3) is 0.200. The molecule has 0 aliphatic carbocycles. The molecule has 4 nitrogen and oxygen atoms in total. The van der Waals surface area contributed by atoms with E-state index in [-0.39, 0.29) is 5.91 Å². The van der Waals surface area contributed by atoms with Crippen LogP contribution in [0.1, 0.15) is 21.5 Å². The first-order valence-electron chi connectivity index (χ1n) is 6.25. The van der Waals surface area contributed by atoms with Crippen LogP contribution in [0.15, 0.2) is 48.8 Å². The van der Waals surface area contributed by atoms with Crippen molar-refractivity contribution in [3.05, 3.63) is 65.5 Å². The number of aromatic nitrogens is 1. The topological polar surface area (TPSA) is 68.0 Å². The molecule has 0 atom stereocenters. The zero-order valence-corrected chi connectivity index (χ0v) is 10.7. The van der Waals surface area contributed by atoms with Gasteiger partial charge in [-0.3, -0.25) is 9.78 Å². The quantitative estimate of drug-likeness (QED) is 0.851. The van der Waals surface area contributed by atoms with E-state index in [0.29, 0.717) is 18.7 Å². The number of nitrogens with zero attached hydrogens (tertiary/aromatic N) is 1. The summed E-state index contributed by atoms with van der Waals surface area (Å²) in [6.07, 6.45) is 4.26. The molecule has 4 heteroatoms. The molecule has 2 aromatic rings. The van der Waals surface area contributed by atoms with Gasteiger partial charge in [0, 0.05) is 24.5 Å². The van der Waals surface area contributed by atoms with Gasteiger partial charge in [-0.1, -0.05) is 12.1 Å². The van der Waals surface area contributed by atoms with Crippen LogP contribution in [0.4, 0.5) is 0 Å². The molecule has 3 N–H and O–H groups in total. The fourth-order valence-electron chi connectivity index (χ4n) is 1.77. The molecule has 0 fully saturated rings. The van der Waals surface area contributed by atoms with E-state index in [0.717, 1.165) is 17.5 Å². The summed E-state index contributed by atoms with van der Waals surface area (Å²) in [7, 11) is 0. The molecule has 0 aliphatic rings. The molecule has 0 saturated heterocycles. The Bertz CT molecular complexity index is 523. The molecule has 1 aromatic carbocycles. The Morgan fingerprint density at radius 3 is 2.37 bits per heavy atom. The first-order valence-corrected chi connectivity index (χ1v) is 6.25. The van der Waals surface area contributed by atoms with E-state index in [1.165, 1.54) is 0 Å². The number of pyridine rings is 1. The molecule has 0 spiro atoms. The molecule has 0 aliphatic heterocycles. The molecule has 1 amide bonds. The third-order valence-corrected chi connectivity index (χ3v) is 2.85. The monoisotopic (exact) mass is 255 g/mol. The molecule has 98 valence electrons. The van der Waals surface area contributed by atoms with Crippen LogP contribution in [0.25, 0.3) is 0 Å². The SMILES string of the molecule is NCCc1ccc(C(=O)NCc2ccncc2)cc1. The second kappa shape index (κ2) is 6.66. The van der Waals surface area contributed by atoms with Crippen LogP contribution in [0.2, 0.25) is 0 Å². The summed E-state index contributed by atoms with van der Waals surface area (Å²) in [5.41, 5.74) is 8.33. The highest BCUT2D eigenvalue weighted by Crippen LogP contribution is 2.05. The minimum atomic E-state index is -0.0730. The average Bonchev–Trinajstić information content (AvgIpc) is 2.47. The normalized spacial score (nSPS) is 10.2. The number of hydrogen-bond donors (Lipinski definition) is 2. The summed E-state index contributed by atoms with van der Waals surface area (Å²) in [5.74, 6) is -0.0730. The second-order valence-corrected chi connectivity index (χ2v) is 4.27. The van der Waals surface area contributed by atoms with Crippen molar-refractivity contribution >= 4 is 5.91 Å². The van der Waals surface area contributed by atoms with Crippen LogP contribution < -0.4 is 11.1 Å². The lowest BCUT2D eigenvalue weighted by Crippen LogP contribution is -2.22. The van der Waals surface area contributed by atoms with Crippen molar-refractivity contribution in [1.29, 1.82) is 0 Å². The standard InChI is InChI=1S/C15H17N3O/c16-8-5-12-1-3-14(4-2-12)15(19)18-11-13-6-9-17-10-7-13/h1-4,6-7,9-10H,5,8,11,16H2,(H,18,19). The molecule has 0 saturated carbocycles. The first-order chi connectivity index (χ1) is 9.29.